The van der Waals surface area contributed by atoms with Gasteiger partial charge in [-0.2, -0.15) is 0 Å². The van der Waals surface area contributed by atoms with Gasteiger partial charge in [0.2, 0.25) is 5.91 Å². The highest BCUT2D eigenvalue weighted by Crippen LogP contribution is 2.14. The van der Waals surface area contributed by atoms with Gasteiger partial charge in [-0.15, -0.1) is 0 Å². The van der Waals surface area contributed by atoms with Gasteiger partial charge in [-0.25, -0.2) is 0 Å². The Morgan fingerprint density at radius 2 is 0.833 bits per heavy atom. The molecule has 3 N–H and O–H groups in total. The Balaban J connectivity index is 3.75. The highest BCUT2D eigenvalue weighted by atomic mass is 16.3. The van der Waals surface area contributed by atoms with Crippen molar-refractivity contribution in [3.05, 3.63) is 97.2 Å². The molecule has 0 aromatic carbocycles. The van der Waals surface area contributed by atoms with Gasteiger partial charge in [-0.05, 0) is 70.6 Å². The van der Waals surface area contributed by atoms with Gasteiger partial charge in [0.1, 0.15) is 0 Å². The van der Waals surface area contributed by atoms with Crippen molar-refractivity contribution in [1.82, 2.24) is 5.32 Å². The smallest absolute Gasteiger partial charge is 0.220 e. The molecule has 0 heterocycles. The number of hydrogen-bond donors (Lipinski definition) is 3. The van der Waals surface area contributed by atoms with E-state index < -0.39 is 12.1 Å². The maximum atomic E-state index is 12.3. The normalized spacial score (nSPS) is 13.9. The summed E-state index contributed by atoms with van der Waals surface area (Å²) in [6, 6.07) is -0.686. The lowest BCUT2D eigenvalue weighted by molar-refractivity contribution is -0.122. The van der Waals surface area contributed by atoms with E-state index in [1.807, 2.05) is 12.2 Å². The fraction of sp³-hybridized carbons (Fsp3) is 0.660. The lowest BCUT2D eigenvalue weighted by Crippen LogP contribution is -2.45. The number of amides is 1. The van der Waals surface area contributed by atoms with Crippen LogP contribution in [0.1, 0.15) is 194 Å². The Morgan fingerprint density at radius 3 is 1.28 bits per heavy atom. The van der Waals surface area contributed by atoms with E-state index in [4.69, 9.17) is 0 Å². The Hall–Kier alpha value is -2.69. The van der Waals surface area contributed by atoms with E-state index in [0.717, 1.165) is 57.8 Å². The average Bonchev–Trinajstić information content (AvgIpc) is 3.18. The SMILES string of the molecule is CC/C=C\C/C=C\C/C=C\C/C=C\C/C=C\C/C=C\CCC(=O)NC(CO)C(O)/C=C/CC/C=C/CCCCCCCCCCCCCCCCCCC. The third-order valence-electron chi connectivity index (χ3n) is 9.56. The molecule has 308 valence electrons. The van der Waals surface area contributed by atoms with E-state index in [1.165, 1.54) is 109 Å². The van der Waals surface area contributed by atoms with Gasteiger partial charge in [0.25, 0.3) is 0 Å². The first-order chi connectivity index (χ1) is 26.7. The van der Waals surface area contributed by atoms with Crippen LogP contribution in [0.15, 0.2) is 97.2 Å². The number of carbonyl (C=O) groups excluding carboxylic acids is 1. The van der Waals surface area contributed by atoms with Crippen LogP contribution in [0.4, 0.5) is 0 Å². The lowest BCUT2D eigenvalue weighted by Gasteiger charge is -2.19. The van der Waals surface area contributed by atoms with Gasteiger partial charge < -0.3 is 15.5 Å². The van der Waals surface area contributed by atoms with Crippen LogP contribution in [0.3, 0.4) is 0 Å². The van der Waals surface area contributed by atoms with E-state index >= 15 is 0 Å². The summed E-state index contributed by atoms with van der Waals surface area (Å²) in [5, 5.41) is 22.9. The molecule has 0 aliphatic rings. The Labute approximate surface area is 334 Å². The maximum absolute atomic E-state index is 12.3. The number of carbonyl (C=O) groups is 1. The largest absolute Gasteiger partial charge is 0.394 e. The second-order valence-corrected chi connectivity index (χ2v) is 14.7. The average molecular weight is 748 g/mol. The van der Waals surface area contributed by atoms with Crippen LogP contribution < -0.4 is 5.32 Å². The first-order valence-electron chi connectivity index (χ1n) is 22.5. The zero-order valence-corrected chi connectivity index (χ0v) is 35.2. The molecule has 0 aliphatic heterocycles. The number of hydrogen-bond acceptors (Lipinski definition) is 3. The summed E-state index contributed by atoms with van der Waals surface area (Å²) in [6.45, 7) is 4.15. The van der Waals surface area contributed by atoms with E-state index in [0.29, 0.717) is 12.8 Å². The minimum Gasteiger partial charge on any atom is -0.394 e. The van der Waals surface area contributed by atoms with Crippen molar-refractivity contribution in [3.63, 3.8) is 0 Å². The molecule has 0 rings (SSSR count). The molecular formula is C50H85NO3. The lowest BCUT2D eigenvalue weighted by atomic mass is 10.0. The second-order valence-electron chi connectivity index (χ2n) is 14.7. The van der Waals surface area contributed by atoms with E-state index in [9.17, 15) is 15.0 Å². The topological polar surface area (TPSA) is 69.6 Å². The minimum absolute atomic E-state index is 0.159. The number of aliphatic hydroxyl groups is 2. The molecule has 0 aliphatic carbocycles. The quantitative estimate of drug-likeness (QED) is 0.0433. The zero-order chi connectivity index (χ0) is 39.3. The van der Waals surface area contributed by atoms with E-state index in [2.05, 4.69) is 98.2 Å². The molecule has 0 bridgehead atoms. The predicted molar refractivity (Wildman–Crippen MR) is 239 cm³/mol. The molecular weight excluding hydrogens is 663 g/mol. The highest BCUT2D eigenvalue weighted by molar-refractivity contribution is 5.76. The number of aliphatic hydroxyl groups excluding tert-OH is 2. The summed E-state index contributed by atoms with van der Waals surface area (Å²) in [4.78, 5) is 12.3. The molecule has 2 atom stereocenters. The van der Waals surface area contributed by atoms with Crippen LogP contribution in [0.25, 0.3) is 0 Å². The van der Waals surface area contributed by atoms with Crippen molar-refractivity contribution in [3.8, 4) is 0 Å². The monoisotopic (exact) mass is 748 g/mol. The van der Waals surface area contributed by atoms with Gasteiger partial charge in [-0.3, -0.25) is 4.79 Å². The molecule has 0 saturated carbocycles. The van der Waals surface area contributed by atoms with Crippen LogP contribution in [0.2, 0.25) is 0 Å². The molecule has 0 fully saturated rings. The van der Waals surface area contributed by atoms with Crippen molar-refractivity contribution in [2.75, 3.05) is 6.61 Å². The maximum Gasteiger partial charge on any atom is 0.220 e. The third kappa shape index (κ3) is 40.5. The summed E-state index contributed by atoms with van der Waals surface area (Å²) in [7, 11) is 0. The summed E-state index contributed by atoms with van der Waals surface area (Å²) in [5.41, 5.74) is 0. The van der Waals surface area contributed by atoms with Crippen LogP contribution in [-0.2, 0) is 4.79 Å². The Kier molecular flexibility index (Phi) is 42.5. The molecule has 54 heavy (non-hydrogen) atoms. The first kappa shape index (κ1) is 51.3. The highest BCUT2D eigenvalue weighted by Gasteiger charge is 2.17. The number of rotatable bonds is 39. The number of nitrogens with one attached hydrogen (secondary N) is 1. The summed E-state index contributed by atoms with van der Waals surface area (Å²) >= 11 is 0. The fourth-order valence-electron chi connectivity index (χ4n) is 6.16. The number of allylic oxidation sites excluding steroid dienone is 15. The van der Waals surface area contributed by atoms with Crippen molar-refractivity contribution in [2.45, 2.75) is 206 Å². The summed E-state index contributed by atoms with van der Waals surface area (Å²) < 4.78 is 0. The summed E-state index contributed by atoms with van der Waals surface area (Å²) in [6.07, 6.45) is 66.8. The predicted octanol–water partition coefficient (Wildman–Crippen LogP) is 14.2. The van der Waals surface area contributed by atoms with Crippen LogP contribution in [-0.4, -0.2) is 34.9 Å². The molecule has 2 unspecified atom stereocenters. The van der Waals surface area contributed by atoms with Gasteiger partial charge in [0, 0.05) is 6.42 Å². The molecule has 0 aromatic rings. The van der Waals surface area contributed by atoms with Crippen LogP contribution >= 0.6 is 0 Å². The van der Waals surface area contributed by atoms with Gasteiger partial charge >= 0.3 is 0 Å². The molecule has 1 amide bonds. The summed E-state index contributed by atoms with van der Waals surface area (Å²) in [5.74, 6) is -0.159. The van der Waals surface area contributed by atoms with Gasteiger partial charge in [0.15, 0.2) is 0 Å². The van der Waals surface area contributed by atoms with Gasteiger partial charge in [-0.1, -0.05) is 214 Å². The van der Waals surface area contributed by atoms with E-state index in [1.54, 1.807) is 6.08 Å². The van der Waals surface area contributed by atoms with Crippen molar-refractivity contribution in [1.29, 1.82) is 0 Å². The third-order valence-corrected chi connectivity index (χ3v) is 9.56. The van der Waals surface area contributed by atoms with Crippen molar-refractivity contribution in [2.24, 2.45) is 0 Å². The second kappa shape index (κ2) is 44.7. The molecule has 4 nitrogen and oxygen atoms in total. The molecule has 0 radical (unpaired) electrons. The standard InChI is InChI=1S/C50H85NO3/c1-3-5-7-9-11-13-15-17-19-21-23-24-25-26-28-29-31-33-35-37-39-41-43-45-49(53)48(47-52)51-50(54)46-44-42-40-38-36-34-32-30-27-22-20-18-16-14-12-10-8-6-4-2/h6,8,12,14,18,20,27,30,34-37,40,42-43,45,48-49,52-53H,3-5,7,9-11,13,15-17,19,21-26,28-29,31-33,38-39,41,44,46-47H2,1-2H3,(H,51,54)/b8-6-,14-12-,20-18-,30-27-,36-34-,37-35+,42-40-,45-43+. The minimum atomic E-state index is -0.899. The fourth-order valence-corrected chi connectivity index (χ4v) is 6.16. The molecule has 4 heteroatoms. The van der Waals surface area contributed by atoms with Crippen LogP contribution in [0.5, 0.6) is 0 Å². The Bertz CT molecular complexity index is 1030. The number of unbranched alkanes of at least 4 members (excludes halogenated alkanes) is 18. The Morgan fingerprint density at radius 1 is 0.463 bits per heavy atom. The first-order valence-corrected chi connectivity index (χ1v) is 22.5. The van der Waals surface area contributed by atoms with Gasteiger partial charge in [0.05, 0.1) is 18.8 Å². The molecule has 0 saturated heterocycles. The van der Waals surface area contributed by atoms with Crippen molar-refractivity contribution < 1.29 is 15.0 Å². The molecule has 0 spiro atoms. The van der Waals surface area contributed by atoms with E-state index in [-0.39, 0.29) is 12.5 Å². The zero-order valence-electron chi connectivity index (χ0n) is 35.2. The van der Waals surface area contributed by atoms with Crippen molar-refractivity contribution >= 4 is 5.91 Å². The molecule has 0 aromatic heterocycles. The van der Waals surface area contributed by atoms with Crippen LogP contribution in [0, 0.1) is 0 Å².